The summed E-state index contributed by atoms with van der Waals surface area (Å²) in [6.45, 7) is 0. The van der Waals surface area contributed by atoms with Gasteiger partial charge in [0.25, 0.3) is 0 Å². The number of rotatable bonds is 5. The van der Waals surface area contributed by atoms with Crippen LogP contribution >= 0.6 is 0 Å². The lowest BCUT2D eigenvalue weighted by Gasteiger charge is -1.92. The predicted molar refractivity (Wildman–Crippen MR) is 39.7 cm³/mol. The maximum absolute atomic E-state index is 10.1. The quantitative estimate of drug-likeness (QED) is 0.488. The van der Waals surface area contributed by atoms with Gasteiger partial charge in [-0.05, 0) is 12.8 Å². The minimum absolute atomic E-state index is 0.339. The molecule has 1 N–H and O–H groups in total. The third kappa shape index (κ3) is 7.60. The summed E-state index contributed by atoms with van der Waals surface area (Å²) in [4.78, 5) is 0. The van der Waals surface area contributed by atoms with Crippen LogP contribution in [-0.4, -0.2) is 14.5 Å². The Bertz CT molecular complexity index is 141. The highest BCUT2D eigenvalue weighted by Crippen LogP contribution is 1.98. The summed E-state index contributed by atoms with van der Waals surface area (Å²) in [7, 11) is 0. The van der Waals surface area contributed by atoms with Crippen LogP contribution < -0.4 is 0 Å². The van der Waals surface area contributed by atoms with E-state index in [1.165, 1.54) is 0 Å². The molecular formula is C6H11NO2S. The summed E-state index contributed by atoms with van der Waals surface area (Å²) in [5.41, 5.74) is 0. The van der Waals surface area contributed by atoms with E-state index in [0.29, 0.717) is 12.2 Å². The summed E-state index contributed by atoms with van der Waals surface area (Å²) in [5.74, 6) is 0.339. The second-order valence-electron chi connectivity index (χ2n) is 1.99. The molecular weight excluding hydrogens is 150 g/mol. The molecule has 0 radical (unpaired) electrons. The lowest BCUT2D eigenvalue weighted by molar-refractivity contribution is 0.559. The number of hydrogen-bond acceptors (Lipinski definition) is 2. The minimum Gasteiger partial charge on any atom is -0.306 e. The Hall–Kier alpha value is -0.400. The van der Waals surface area contributed by atoms with Crippen molar-refractivity contribution in [3.05, 3.63) is 0 Å². The Morgan fingerprint density at radius 3 is 2.60 bits per heavy atom. The largest absolute Gasteiger partial charge is 0.306 e. The molecule has 0 aliphatic heterocycles. The number of hydrogen-bond donors (Lipinski definition) is 1. The van der Waals surface area contributed by atoms with Crippen molar-refractivity contribution < 1.29 is 8.76 Å². The SMILES string of the molecule is N#CCCCCCS(=O)O. The zero-order valence-corrected chi connectivity index (χ0v) is 6.56. The van der Waals surface area contributed by atoms with E-state index in [1.807, 2.05) is 6.07 Å². The first kappa shape index (κ1) is 9.60. The lowest BCUT2D eigenvalue weighted by atomic mass is 10.2. The van der Waals surface area contributed by atoms with Gasteiger partial charge in [-0.1, -0.05) is 6.42 Å². The summed E-state index contributed by atoms with van der Waals surface area (Å²) in [6, 6.07) is 2.02. The molecule has 0 rings (SSSR count). The molecule has 0 aliphatic rings. The monoisotopic (exact) mass is 161 g/mol. The van der Waals surface area contributed by atoms with Gasteiger partial charge in [0, 0.05) is 12.2 Å². The van der Waals surface area contributed by atoms with Crippen molar-refractivity contribution in [2.75, 3.05) is 5.75 Å². The van der Waals surface area contributed by atoms with Crippen LogP contribution in [0.2, 0.25) is 0 Å². The standard InChI is InChI=1S/C6H11NO2S/c7-5-3-1-2-4-6-10(8)9/h1-4,6H2,(H,8,9). The third-order valence-corrected chi connectivity index (χ3v) is 1.75. The van der Waals surface area contributed by atoms with Crippen LogP contribution in [0.3, 0.4) is 0 Å². The highest BCUT2D eigenvalue weighted by Gasteiger charge is 1.92. The van der Waals surface area contributed by atoms with Gasteiger partial charge in [0.1, 0.15) is 0 Å². The molecule has 0 amide bonds. The van der Waals surface area contributed by atoms with Crippen molar-refractivity contribution in [1.29, 1.82) is 5.26 Å². The smallest absolute Gasteiger partial charge is 0.152 e. The average Bonchev–Trinajstić information content (AvgIpc) is 1.87. The van der Waals surface area contributed by atoms with Gasteiger partial charge in [0.2, 0.25) is 0 Å². The summed E-state index contributed by atoms with van der Waals surface area (Å²) >= 11 is -1.65. The zero-order chi connectivity index (χ0) is 7.82. The van der Waals surface area contributed by atoms with Crippen molar-refractivity contribution >= 4 is 11.1 Å². The maximum atomic E-state index is 10.1. The highest BCUT2D eigenvalue weighted by atomic mass is 32.2. The fourth-order valence-electron chi connectivity index (χ4n) is 0.606. The van der Waals surface area contributed by atoms with Crippen LogP contribution in [-0.2, 0) is 11.1 Å². The van der Waals surface area contributed by atoms with Gasteiger partial charge >= 0.3 is 0 Å². The van der Waals surface area contributed by atoms with Gasteiger partial charge in [-0.2, -0.15) is 5.26 Å². The molecule has 58 valence electrons. The van der Waals surface area contributed by atoms with Gasteiger partial charge in [0.05, 0.1) is 6.07 Å². The van der Waals surface area contributed by atoms with Crippen LogP contribution in [0.5, 0.6) is 0 Å². The van der Waals surface area contributed by atoms with E-state index in [2.05, 4.69) is 0 Å². The van der Waals surface area contributed by atoms with Crippen molar-refractivity contribution in [3.63, 3.8) is 0 Å². The Morgan fingerprint density at radius 1 is 1.40 bits per heavy atom. The number of unbranched alkanes of at least 4 members (excludes halogenated alkanes) is 3. The highest BCUT2D eigenvalue weighted by molar-refractivity contribution is 7.79. The third-order valence-electron chi connectivity index (χ3n) is 1.11. The van der Waals surface area contributed by atoms with Crippen molar-refractivity contribution in [2.24, 2.45) is 0 Å². The lowest BCUT2D eigenvalue weighted by Crippen LogP contribution is -1.93. The van der Waals surface area contributed by atoms with E-state index in [4.69, 9.17) is 9.81 Å². The molecule has 1 unspecified atom stereocenters. The number of nitrogens with zero attached hydrogens (tertiary/aromatic N) is 1. The van der Waals surface area contributed by atoms with E-state index in [0.717, 1.165) is 19.3 Å². The van der Waals surface area contributed by atoms with Crippen molar-refractivity contribution in [2.45, 2.75) is 25.7 Å². The van der Waals surface area contributed by atoms with Gasteiger partial charge in [-0.15, -0.1) is 0 Å². The second-order valence-corrected chi connectivity index (χ2v) is 3.05. The van der Waals surface area contributed by atoms with Gasteiger partial charge in [-0.3, -0.25) is 0 Å². The molecule has 3 nitrogen and oxygen atoms in total. The molecule has 10 heavy (non-hydrogen) atoms. The van der Waals surface area contributed by atoms with Crippen LogP contribution in [0.4, 0.5) is 0 Å². The van der Waals surface area contributed by atoms with Gasteiger partial charge in [0.15, 0.2) is 11.1 Å². The first-order valence-electron chi connectivity index (χ1n) is 3.22. The van der Waals surface area contributed by atoms with Crippen LogP contribution in [0.15, 0.2) is 0 Å². The van der Waals surface area contributed by atoms with Gasteiger partial charge in [-0.25, -0.2) is 4.21 Å². The Kier molecular flexibility index (Phi) is 6.45. The van der Waals surface area contributed by atoms with Crippen LogP contribution in [0.1, 0.15) is 25.7 Å². The first-order valence-corrected chi connectivity index (χ1v) is 4.49. The van der Waals surface area contributed by atoms with E-state index in [1.54, 1.807) is 0 Å². The molecule has 0 saturated carbocycles. The maximum Gasteiger partial charge on any atom is 0.152 e. The molecule has 0 spiro atoms. The minimum atomic E-state index is -1.65. The molecule has 0 aromatic carbocycles. The first-order chi connectivity index (χ1) is 4.77. The average molecular weight is 161 g/mol. The molecule has 0 aromatic rings. The molecule has 0 bridgehead atoms. The van der Waals surface area contributed by atoms with Crippen LogP contribution in [0.25, 0.3) is 0 Å². The molecule has 4 heteroatoms. The zero-order valence-electron chi connectivity index (χ0n) is 5.75. The van der Waals surface area contributed by atoms with Crippen LogP contribution in [0, 0.1) is 11.3 Å². The summed E-state index contributed by atoms with van der Waals surface area (Å²) in [6.07, 6.45) is 3.01. The topological polar surface area (TPSA) is 61.1 Å². The molecule has 0 fully saturated rings. The van der Waals surface area contributed by atoms with Crippen molar-refractivity contribution in [3.8, 4) is 6.07 Å². The molecule has 0 heterocycles. The van der Waals surface area contributed by atoms with E-state index in [9.17, 15) is 4.21 Å². The Morgan fingerprint density at radius 2 is 2.10 bits per heavy atom. The Labute approximate surface area is 63.3 Å². The summed E-state index contributed by atoms with van der Waals surface area (Å²) < 4.78 is 18.4. The normalized spacial score (nSPS) is 12.4. The summed E-state index contributed by atoms with van der Waals surface area (Å²) in [5, 5.41) is 8.12. The Balaban J connectivity index is 2.92. The van der Waals surface area contributed by atoms with Gasteiger partial charge < -0.3 is 4.55 Å². The fourth-order valence-corrected chi connectivity index (χ4v) is 1.06. The second kappa shape index (κ2) is 6.72. The van der Waals surface area contributed by atoms with E-state index < -0.39 is 11.1 Å². The molecule has 1 atom stereocenters. The molecule has 0 aromatic heterocycles. The van der Waals surface area contributed by atoms with E-state index >= 15 is 0 Å². The predicted octanol–water partition coefficient (Wildman–Crippen LogP) is 1.29. The molecule has 0 aliphatic carbocycles. The molecule has 0 saturated heterocycles. The van der Waals surface area contributed by atoms with E-state index in [-0.39, 0.29) is 0 Å². The van der Waals surface area contributed by atoms with Crippen molar-refractivity contribution in [1.82, 2.24) is 0 Å². The fraction of sp³-hybridized carbons (Fsp3) is 0.833. The number of nitriles is 1.